The molecule has 2 heterocycles. The van der Waals surface area contributed by atoms with Crippen LogP contribution in [-0.2, 0) is 5.54 Å². The van der Waals surface area contributed by atoms with Crippen LogP contribution in [0.5, 0.6) is 0 Å². The predicted octanol–water partition coefficient (Wildman–Crippen LogP) is 5.07. The third-order valence-electron chi connectivity index (χ3n) is 6.33. The van der Waals surface area contributed by atoms with Crippen molar-refractivity contribution in [3.63, 3.8) is 0 Å². The number of rotatable bonds is 8. The molecule has 2 aromatic heterocycles. The summed E-state index contributed by atoms with van der Waals surface area (Å²) in [5, 5.41) is 25.3. The lowest BCUT2D eigenvalue weighted by atomic mass is 9.71. The number of aromatic nitrogens is 3. The van der Waals surface area contributed by atoms with E-state index in [2.05, 4.69) is 42.5 Å². The average Bonchev–Trinajstić information content (AvgIpc) is 3.42. The number of nitrogens with one attached hydrogen (secondary N) is 1. The Morgan fingerprint density at radius 2 is 2.21 bits per heavy atom. The minimum atomic E-state index is -0.609. The Kier molecular flexibility index (Phi) is 7.07. The summed E-state index contributed by atoms with van der Waals surface area (Å²) in [4.78, 5) is 12.9. The van der Waals surface area contributed by atoms with Gasteiger partial charge in [0.15, 0.2) is 0 Å². The first-order valence-corrected chi connectivity index (χ1v) is 11.6. The Bertz CT molecular complexity index is 832. The zero-order chi connectivity index (χ0) is 20.9. The quantitative estimate of drug-likeness (QED) is 0.655. The minimum Gasteiger partial charge on any atom is -0.341 e. The van der Waals surface area contributed by atoms with E-state index in [0.717, 1.165) is 56.6 Å². The van der Waals surface area contributed by atoms with Gasteiger partial charge in [0.25, 0.3) is 5.91 Å². The van der Waals surface area contributed by atoms with Crippen LogP contribution < -0.4 is 5.32 Å². The van der Waals surface area contributed by atoms with Gasteiger partial charge in [0.05, 0.1) is 23.4 Å². The maximum Gasteiger partial charge on any atom is 0.252 e. The second-order valence-corrected chi connectivity index (χ2v) is 9.28. The normalized spacial score (nSPS) is 22.4. The molecule has 2 atom stereocenters. The molecule has 0 saturated heterocycles. The van der Waals surface area contributed by atoms with Crippen molar-refractivity contribution in [1.82, 2.24) is 20.3 Å². The summed E-state index contributed by atoms with van der Waals surface area (Å²) in [6, 6.07) is 3.86. The molecule has 3 rings (SSSR count). The second-order valence-electron chi connectivity index (χ2n) is 8.50. The SMILES string of the molecule is CCCC[C@H](C#N)n1cc([C@@](C)(NC(=O)c2ccsc2)C2CCC(C)CC2)nn1. The third-order valence-corrected chi connectivity index (χ3v) is 7.01. The molecule has 1 aliphatic carbocycles. The van der Waals surface area contributed by atoms with Crippen LogP contribution in [0.15, 0.2) is 23.0 Å². The number of thiophene rings is 1. The van der Waals surface area contributed by atoms with Crippen LogP contribution in [0.1, 0.15) is 87.8 Å². The molecule has 1 saturated carbocycles. The molecule has 0 bridgehead atoms. The van der Waals surface area contributed by atoms with Crippen LogP contribution in [0.4, 0.5) is 0 Å². The van der Waals surface area contributed by atoms with E-state index in [1.54, 1.807) is 4.68 Å². The van der Waals surface area contributed by atoms with Gasteiger partial charge in [0.2, 0.25) is 0 Å². The Morgan fingerprint density at radius 3 is 2.83 bits per heavy atom. The number of amides is 1. The van der Waals surface area contributed by atoms with Gasteiger partial charge in [-0.25, -0.2) is 4.68 Å². The van der Waals surface area contributed by atoms with E-state index in [-0.39, 0.29) is 11.9 Å². The maximum atomic E-state index is 12.9. The fourth-order valence-electron chi connectivity index (χ4n) is 4.23. The number of hydrogen-bond acceptors (Lipinski definition) is 5. The first-order chi connectivity index (χ1) is 14.0. The molecule has 1 aliphatic rings. The Balaban J connectivity index is 1.88. The lowest BCUT2D eigenvalue weighted by Crippen LogP contribution is -2.50. The zero-order valence-corrected chi connectivity index (χ0v) is 18.4. The monoisotopic (exact) mass is 413 g/mol. The van der Waals surface area contributed by atoms with Crippen LogP contribution in [0, 0.1) is 23.2 Å². The number of nitriles is 1. The summed E-state index contributed by atoms with van der Waals surface area (Å²) >= 11 is 1.52. The fraction of sp³-hybridized carbons (Fsp3) is 0.636. The van der Waals surface area contributed by atoms with E-state index in [0.29, 0.717) is 11.5 Å². The molecule has 0 radical (unpaired) electrons. The van der Waals surface area contributed by atoms with Gasteiger partial charge in [0.1, 0.15) is 11.7 Å². The van der Waals surface area contributed by atoms with Gasteiger partial charge in [-0.2, -0.15) is 16.6 Å². The Hall–Kier alpha value is -2.20. The molecule has 1 fully saturated rings. The molecule has 0 aromatic carbocycles. The lowest BCUT2D eigenvalue weighted by molar-refractivity contribution is 0.0813. The van der Waals surface area contributed by atoms with Crippen molar-refractivity contribution in [2.24, 2.45) is 11.8 Å². The van der Waals surface area contributed by atoms with Crippen LogP contribution >= 0.6 is 11.3 Å². The van der Waals surface area contributed by atoms with Crippen molar-refractivity contribution in [2.45, 2.75) is 77.3 Å². The molecule has 156 valence electrons. The van der Waals surface area contributed by atoms with Gasteiger partial charge in [-0.05, 0) is 49.5 Å². The first kappa shape index (κ1) is 21.5. The molecule has 1 N–H and O–H groups in total. The molecule has 0 spiro atoms. The average molecular weight is 414 g/mol. The summed E-state index contributed by atoms with van der Waals surface area (Å²) in [6.45, 7) is 6.47. The standard InChI is InChI=1S/C22H31N5OS/c1-4-5-6-19(13-23)27-14-20(25-26-27)22(3,18-9-7-16(2)8-10-18)24-21(28)17-11-12-29-15-17/h11-12,14-16,18-19H,4-10H2,1-3H3,(H,24,28)/t16?,18?,19-,22+/m1/s1. The highest BCUT2D eigenvalue weighted by Crippen LogP contribution is 2.40. The predicted molar refractivity (Wildman–Crippen MR) is 114 cm³/mol. The fourth-order valence-corrected chi connectivity index (χ4v) is 4.87. The van der Waals surface area contributed by atoms with E-state index in [1.165, 1.54) is 11.3 Å². The van der Waals surface area contributed by atoms with Crippen LogP contribution in [0.2, 0.25) is 0 Å². The number of carbonyl (C=O) groups excluding carboxylic acids is 1. The summed E-state index contributed by atoms with van der Waals surface area (Å²) in [6.07, 6.45) is 9.04. The van der Waals surface area contributed by atoms with E-state index >= 15 is 0 Å². The van der Waals surface area contributed by atoms with Crippen molar-refractivity contribution in [3.8, 4) is 6.07 Å². The van der Waals surface area contributed by atoms with Crippen LogP contribution in [-0.4, -0.2) is 20.9 Å². The maximum absolute atomic E-state index is 12.9. The number of carbonyl (C=O) groups is 1. The summed E-state index contributed by atoms with van der Waals surface area (Å²) in [5.74, 6) is 0.933. The smallest absolute Gasteiger partial charge is 0.252 e. The summed E-state index contributed by atoms with van der Waals surface area (Å²) in [5.41, 5.74) is 0.815. The molecule has 6 nitrogen and oxygen atoms in total. The highest BCUT2D eigenvalue weighted by Gasteiger charge is 2.41. The second kappa shape index (κ2) is 9.53. The van der Waals surface area contributed by atoms with E-state index in [1.807, 2.05) is 23.0 Å². The zero-order valence-electron chi connectivity index (χ0n) is 17.6. The number of hydrogen-bond donors (Lipinski definition) is 1. The lowest BCUT2D eigenvalue weighted by Gasteiger charge is -2.40. The van der Waals surface area contributed by atoms with Gasteiger partial charge in [-0.15, -0.1) is 5.10 Å². The topological polar surface area (TPSA) is 83.6 Å². The molecule has 2 aromatic rings. The van der Waals surface area contributed by atoms with Crippen molar-refractivity contribution >= 4 is 17.2 Å². The number of unbranched alkanes of at least 4 members (excludes halogenated alkanes) is 1. The highest BCUT2D eigenvalue weighted by molar-refractivity contribution is 7.08. The van der Waals surface area contributed by atoms with Gasteiger partial charge in [-0.1, -0.05) is 44.7 Å². The molecule has 0 unspecified atom stereocenters. The molecular weight excluding hydrogens is 382 g/mol. The number of nitrogens with zero attached hydrogens (tertiary/aromatic N) is 4. The molecular formula is C22H31N5OS. The molecule has 0 aliphatic heterocycles. The molecule has 1 amide bonds. The van der Waals surface area contributed by atoms with Gasteiger partial charge >= 0.3 is 0 Å². The van der Waals surface area contributed by atoms with E-state index in [4.69, 9.17) is 0 Å². The minimum absolute atomic E-state index is 0.0789. The van der Waals surface area contributed by atoms with Crippen molar-refractivity contribution in [1.29, 1.82) is 5.26 Å². The molecule has 7 heteroatoms. The highest BCUT2D eigenvalue weighted by atomic mass is 32.1. The first-order valence-electron chi connectivity index (χ1n) is 10.6. The van der Waals surface area contributed by atoms with Gasteiger partial charge in [-0.3, -0.25) is 4.79 Å². The summed E-state index contributed by atoms with van der Waals surface area (Å²) in [7, 11) is 0. The van der Waals surface area contributed by atoms with E-state index < -0.39 is 5.54 Å². The van der Waals surface area contributed by atoms with Gasteiger partial charge in [0, 0.05) is 5.38 Å². The third kappa shape index (κ3) is 4.87. The van der Waals surface area contributed by atoms with Crippen LogP contribution in [0.3, 0.4) is 0 Å². The van der Waals surface area contributed by atoms with Crippen molar-refractivity contribution in [2.75, 3.05) is 0 Å². The Labute approximate surface area is 177 Å². The van der Waals surface area contributed by atoms with Gasteiger partial charge < -0.3 is 5.32 Å². The van der Waals surface area contributed by atoms with Crippen molar-refractivity contribution < 1.29 is 4.79 Å². The van der Waals surface area contributed by atoms with Crippen molar-refractivity contribution in [3.05, 3.63) is 34.3 Å². The van der Waals surface area contributed by atoms with E-state index in [9.17, 15) is 10.1 Å². The van der Waals surface area contributed by atoms with Crippen LogP contribution in [0.25, 0.3) is 0 Å². The Morgan fingerprint density at radius 1 is 1.45 bits per heavy atom. The summed E-state index contributed by atoms with van der Waals surface area (Å²) < 4.78 is 1.67. The largest absolute Gasteiger partial charge is 0.341 e. The molecule has 29 heavy (non-hydrogen) atoms.